The van der Waals surface area contributed by atoms with Crippen LogP contribution in [0, 0.1) is 5.92 Å². The number of benzene rings is 1. The van der Waals surface area contributed by atoms with Gasteiger partial charge in [-0.2, -0.15) is 0 Å². The van der Waals surface area contributed by atoms with Crippen LogP contribution in [0.25, 0.3) is 0 Å². The van der Waals surface area contributed by atoms with E-state index in [9.17, 15) is 0 Å². The van der Waals surface area contributed by atoms with Gasteiger partial charge in [0.25, 0.3) is 0 Å². The van der Waals surface area contributed by atoms with Crippen LogP contribution < -0.4 is 10.1 Å². The first-order valence-electron chi connectivity index (χ1n) is 7.28. The van der Waals surface area contributed by atoms with E-state index in [-0.39, 0.29) is 0 Å². The Morgan fingerprint density at radius 2 is 1.89 bits per heavy atom. The molecule has 0 atom stereocenters. The summed E-state index contributed by atoms with van der Waals surface area (Å²) in [7, 11) is 0. The lowest BCUT2D eigenvalue weighted by atomic mass is 9.87. The Balaban J connectivity index is 1.95. The molecule has 0 heterocycles. The van der Waals surface area contributed by atoms with E-state index >= 15 is 0 Å². The Morgan fingerprint density at radius 3 is 2.61 bits per heavy atom. The number of para-hydroxylation sites is 2. The zero-order valence-electron chi connectivity index (χ0n) is 11.6. The fraction of sp³-hybridized carbons (Fsp3) is 0.625. The van der Waals surface area contributed by atoms with Gasteiger partial charge < -0.3 is 10.1 Å². The van der Waals surface area contributed by atoms with Crippen molar-refractivity contribution in [2.24, 2.45) is 5.92 Å². The molecule has 2 heteroatoms. The maximum absolute atomic E-state index is 5.79. The molecule has 0 aromatic heterocycles. The van der Waals surface area contributed by atoms with Crippen molar-refractivity contribution in [3.63, 3.8) is 0 Å². The van der Waals surface area contributed by atoms with Crippen LogP contribution in [0.4, 0.5) is 5.69 Å². The number of rotatable bonds is 5. The first-order valence-corrected chi connectivity index (χ1v) is 7.28. The van der Waals surface area contributed by atoms with Gasteiger partial charge in [-0.25, -0.2) is 0 Å². The monoisotopic (exact) mass is 247 g/mol. The summed E-state index contributed by atoms with van der Waals surface area (Å²) in [6.45, 7) is 5.29. The lowest BCUT2D eigenvalue weighted by molar-refractivity contribution is 0.317. The molecular weight excluding hydrogens is 222 g/mol. The maximum atomic E-state index is 5.79. The van der Waals surface area contributed by atoms with Crippen LogP contribution in [0.2, 0.25) is 0 Å². The molecule has 1 aliphatic carbocycles. The molecule has 1 aliphatic rings. The molecule has 0 bridgehead atoms. The van der Waals surface area contributed by atoms with Crippen LogP contribution in [-0.4, -0.2) is 12.6 Å². The normalized spacial score (nSPS) is 23.7. The Labute approximate surface area is 111 Å². The van der Waals surface area contributed by atoms with Crippen LogP contribution in [0.3, 0.4) is 0 Å². The molecule has 0 spiro atoms. The third kappa shape index (κ3) is 3.66. The van der Waals surface area contributed by atoms with Gasteiger partial charge in [-0.05, 0) is 50.2 Å². The highest BCUT2D eigenvalue weighted by Crippen LogP contribution is 2.30. The highest BCUT2D eigenvalue weighted by molar-refractivity contribution is 5.56. The Bertz CT molecular complexity index is 356. The molecule has 18 heavy (non-hydrogen) atoms. The number of hydrogen-bond donors (Lipinski definition) is 1. The van der Waals surface area contributed by atoms with Crippen LogP contribution in [0.15, 0.2) is 24.3 Å². The number of hydrogen-bond acceptors (Lipinski definition) is 2. The van der Waals surface area contributed by atoms with Gasteiger partial charge in [-0.3, -0.25) is 0 Å². The van der Waals surface area contributed by atoms with E-state index in [0.29, 0.717) is 6.04 Å². The zero-order valence-corrected chi connectivity index (χ0v) is 11.6. The van der Waals surface area contributed by atoms with Crippen molar-refractivity contribution in [3.05, 3.63) is 24.3 Å². The molecule has 100 valence electrons. The average molecular weight is 247 g/mol. The predicted octanol–water partition coefficient (Wildman–Crippen LogP) is 4.47. The van der Waals surface area contributed by atoms with E-state index in [0.717, 1.165) is 30.4 Å². The smallest absolute Gasteiger partial charge is 0.142 e. The summed E-state index contributed by atoms with van der Waals surface area (Å²) in [4.78, 5) is 0. The molecule has 0 amide bonds. The second-order valence-electron chi connectivity index (χ2n) is 5.45. The maximum Gasteiger partial charge on any atom is 0.142 e. The molecule has 1 aromatic carbocycles. The molecular formula is C16H25NO. The second-order valence-corrected chi connectivity index (χ2v) is 5.45. The van der Waals surface area contributed by atoms with Crippen molar-refractivity contribution in [2.45, 2.75) is 52.0 Å². The third-order valence-corrected chi connectivity index (χ3v) is 3.72. The SMILES string of the molecule is CCCOc1ccccc1NC1CCC(C)CC1. The minimum Gasteiger partial charge on any atom is -0.491 e. The van der Waals surface area contributed by atoms with Gasteiger partial charge in [0, 0.05) is 6.04 Å². The minimum atomic E-state index is 0.618. The predicted molar refractivity (Wildman–Crippen MR) is 77.3 cm³/mol. The summed E-state index contributed by atoms with van der Waals surface area (Å²) in [5, 5.41) is 3.65. The first-order chi connectivity index (χ1) is 8.79. The Hall–Kier alpha value is -1.18. The van der Waals surface area contributed by atoms with Crippen LogP contribution in [-0.2, 0) is 0 Å². The third-order valence-electron chi connectivity index (χ3n) is 3.72. The van der Waals surface area contributed by atoms with Crippen molar-refractivity contribution in [1.29, 1.82) is 0 Å². The van der Waals surface area contributed by atoms with Crippen LogP contribution >= 0.6 is 0 Å². The lowest BCUT2D eigenvalue weighted by Gasteiger charge is -2.28. The lowest BCUT2D eigenvalue weighted by Crippen LogP contribution is -2.25. The topological polar surface area (TPSA) is 21.3 Å². The van der Waals surface area contributed by atoms with Gasteiger partial charge in [-0.15, -0.1) is 0 Å². The zero-order chi connectivity index (χ0) is 12.8. The molecule has 1 aromatic rings. The van der Waals surface area contributed by atoms with Gasteiger partial charge in [0.15, 0.2) is 0 Å². The number of nitrogens with one attached hydrogen (secondary N) is 1. The molecule has 1 saturated carbocycles. The Morgan fingerprint density at radius 1 is 1.17 bits per heavy atom. The van der Waals surface area contributed by atoms with Crippen LogP contribution in [0.5, 0.6) is 5.75 Å². The number of anilines is 1. The van der Waals surface area contributed by atoms with Gasteiger partial charge in [0.05, 0.1) is 12.3 Å². The molecule has 2 rings (SSSR count). The van der Waals surface area contributed by atoms with Gasteiger partial charge >= 0.3 is 0 Å². The fourth-order valence-electron chi connectivity index (χ4n) is 2.55. The highest BCUT2D eigenvalue weighted by atomic mass is 16.5. The summed E-state index contributed by atoms with van der Waals surface area (Å²) < 4.78 is 5.79. The summed E-state index contributed by atoms with van der Waals surface area (Å²) >= 11 is 0. The summed E-state index contributed by atoms with van der Waals surface area (Å²) in [5.74, 6) is 1.90. The molecule has 2 nitrogen and oxygen atoms in total. The van der Waals surface area contributed by atoms with Crippen molar-refractivity contribution < 1.29 is 4.74 Å². The molecule has 1 fully saturated rings. The largest absolute Gasteiger partial charge is 0.491 e. The molecule has 0 aliphatic heterocycles. The second kappa shape index (κ2) is 6.67. The van der Waals surface area contributed by atoms with Crippen molar-refractivity contribution in [2.75, 3.05) is 11.9 Å². The van der Waals surface area contributed by atoms with Crippen LogP contribution in [0.1, 0.15) is 46.0 Å². The number of ether oxygens (including phenoxy) is 1. The Kier molecular flexibility index (Phi) is 4.91. The quantitative estimate of drug-likeness (QED) is 0.829. The standard InChI is InChI=1S/C16H25NO/c1-3-12-18-16-7-5-4-6-15(16)17-14-10-8-13(2)9-11-14/h4-7,13-14,17H,3,8-12H2,1-2H3. The van der Waals surface area contributed by atoms with Gasteiger partial charge in [0.2, 0.25) is 0 Å². The minimum absolute atomic E-state index is 0.618. The molecule has 0 saturated heterocycles. The summed E-state index contributed by atoms with van der Waals surface area (Å²) in [6.07, 6.45) is 6.30. The molecule has 0 radical (unpaired) electrons. The summed E-state index contributed by atoms with van der Waals surface area (Å²) in [5.41, 5.74) is 1.16. The summed E-state index contributed by atoms with van der Waals surface area (Å²) in [6, 6.07) is 8.92. The van der Waals surface area contributed by atoms with E-state index in [1.54, 1.807) is 0 Å². The van der Waals surface area contributed by atoms with Crippen molar-refractivity contribution in [3.8, 4) is 5.75 Å². The molecule has 0 unspecified atom stereocenters. The van der Waals surface area contributed by atoms with E-state index < -0.39 is 0 Å². The van der Waals surface area contributed by atoms with E-state index in [4.69, 9.17) is 4.74 Å². The van der Waals surface area contributed by atoms with E-state index in [1.807, 2.05) is 6.07 Å². The first kappa shape index (κ1) is 13.3. The molecule has 1 N–H and O–H groups in total. The van der Waals surface area contributed by atoms with Crippen molar-refractivity contribution >= 4 is 5.69 Å². The van der Waals surface area contributed by atoms with E-state index in [1.165, 1.54) is 25.7 Å². The average Bonchev–Trinajstić information content (AvgIpc) is 2.40. The highest BCUT2D eigenvalue weighted by Gasteiger charge is 2.18. The fourth-order valence-corrected chi connectivity index (χ4v) is 2.55. The van der Waals surface area contributed by atoms with Gasteiger partial charge in [0.1, 0.15) is 5.75 Å². The van der Waals surface area contributed by atoms with Crippen molar-refractivity contribution in [1.82, 2.24) is 0 Å². The van der Waals surface area contributed by atoms with E-state index in [2.05, 4.69) is 37.4 Å². The van der Waals surface area contributed by atoms with Gasteiger partial charge in [-0.1, -0.05) is 26.0 Å².